The predicted molar refractivity (Wildman–Crippen MR) is 52.9 cm³/mol. The van der Waals surface area contributed by atoms with Gasteiger partial charge in [0.2, 0.25) is 10.9 Å². The van der Waals surface area contributed by atoms with Crippen molar-refractivity contribution in [3.8, 4) is 0 Å². The third kappa shape index (κ3) is 5.60. The summed E-state index contributed by atoms with van der Waals surface area (Å²) in [4.78, 5) is 21.8. The fraction of sp³-hybridized carbons (Fsp3) is 0.750. The number of hydrogen-bond donors (Lipinski definition) is 2. The van der Waals surface area contributed by atoms with Crippen LogP contribution in [0.1, 0.15) is 13.8 Å². The van der Waals surface area contributed by atoms with Gasteiger partial charge in [-0.15, -0.1) is 0 Å². The molecular formula is C8H14O6S. The van der Waals surface area contributed by atoms with Crippen molar-refractivity contribution >= 4 is 23.7 Å². The molecule has 15 heavy (non-hydrogen) atoms. The highest BCUT2D eigenvalue weighted by Gasteiger charge is 2.26. The molecule has 0 amide bonds. The molecule has 0 heterocycles. The standard InChI is InChI=1S/C8H14O6S/c1-3-13-5(9)7(11)15-8(12)6(10)14-4-2/h7-8,11-12H,3-4H2,1-2H3. The monoisotopic (exact) mass is 238 g/mol. The van der Waals surface area contributed by atoms with Gasteiger partial charge in [0.15, 0.2) is 0 Å². The van der Waals surface area contributed by atoms with E-state index in [0.29, 0.717) is 11.8 Å². The number of ether oxygens (including phenoxy) is 2. The summed E-state index contributed by atoms with van der Waals surface area (Å²) in [6, 6.07) is 0. The molecule has 88 valence electrons. The van der Waals surface area contributed by atoms with E-state index in [2.05, 4.69) is 9.47 Å². The first kappa shape index (κ1) is 14.2. The van der Waals surface area contributed by atoms with Gasteiger partial charge in [0.1, 0.15) is 0 Å². The molecule has 0 radical (unpaired) electrons. The fourth-order valence-electron chi connectivity index (χ4n) is 0.660. The van der Waals surface area contributed by atoms with Crippen LogP contribution in [0.2, 0.25) is 0 Å². The molecule has 0 aliphatic carbocycles. The Labute approximate surface area is 91.6 Å². The molecule has 0 aliphatic heterocycles. The number of aliphatic hydroxyl groups excluding tert-OH is 2. The molecule has 6 nitrogen and oxygen atoms in total. The first-order valence-electron chi connectivity index (χ1n) is 4.37. The lowest BCUT2D eigenvalue weighted by atomic mass is 10.7. The van der Waals surface area contributed by atoms with Crippen molar-refractivity contribution < 1.29 is 29.3 Å². The first-order valence-corrected chi connectivity index (χ1v) is 5.32. The second kappa shape index (κ2) is 7.49. The number of thioether (sulfide) groups is 1. The van der Waals surface area contributed by atoms with Crippen LogP contribution in [0.4, 0.5) is 0 Å². The van der Waals surface area contributed by atoms with Crippen molar-refractivity contribution in [1.29, 1.82) is 0 Å². The van der Waals surface area contributed by atoms with Gasteiger partial charge in [0.05, 0.1) is 13.2 Å². The van der Waals surface area contributed by atoms with Crippen molar-refractivity contribution in [2.45, 2.75) is 24.7 Å². The molecule has 2 unspecified atom stereocenters. The molecule has 0 aromatic heterocycles. The summed E-state index contributed by atoms with van der Waals surface area (Å²) >= 11 is 0.358. The summed E-state index contributed by atoms with van der Waals surface area (Å²) in [5.41, 5.74) is -3.19. The summed E-state index contributed by atoms with van der Waals surface area (Å²) in [5, 5.41) is 18.3. The molecule has 2 N–H and O–H groups in total. The third-order valence-electron chi connectivity index (χ3n) is 1.23. The van der Waals surface area contributed by atoms with E-state index < -0.39 is 22.8 Å². The molecule has 0 spiro atoms. The molecule has 0 rings (SSSR count). The normalized spacial score (nSPS) is 14.1. The third-order valence-corrected chi connectivity index (χ3v) is 2.13. The maximum atomic E-state index is 10.9. The summed E-state index contributed by atoms with van der Waals surface area (Å²) < 4.78 is 8.94. The van der Waals surface area contributed by atoms with E-state index in [1.807, 2.05) is 0 Å². The fourth-order valence-corrected chi connectivity index (χ4v) is 1.26. The Morgan fingerprint density at radius 3 is 1.67 bits per heavy atom. The molecule has 2 atom stereocenters. The SMILES string of the molecule is CCOC(=O)C(O)SC(O)C(=O)OCC. The minimum Gasteiger partial charge on any atom is -0.463 e. The van der Waals surface area contributed by atoms with Crippen LogP contribution in [0, 0.1) is 0 Å². The number of carbonyl (C=O) groups is 2. The maximum absolute atomic E-state index is 10.9. The number of rotatable bonds is 6. The van der Waals surface area contributed by atoms with Gasteiger partial charge in [-0.25, -0.2) is 9.59 Å². The van der Waals surface area contributed by atoms with Crippen LogP contribution in [-0.2, 0) is 19.1 Å². The molecule has 0 aromatic rings. The minimum absolute atomic E-state index is 0.117. The zero-order valence-electron chi connectivity index (χ0n) is 8.50. The number of esters is 2. The first-order chi connectivity index (χ1) is 7.02. The molecule has 7 heteroatoms. The Hall–Kier alpha value is -0.790. The van der Waals surface area contributed by atoms with E-state index >= 15 is 0 Å². The number of carbonyl (C=O) groups excluding carboxylic acids is 2. The van der Waals surface area contributed by atoms with Crippen LogP contribution in [0.5, 0.6) is 0 Å². The van der Waals surface area contributed by atoms with Gasteiger partial charge < -0.3 is 19.7 Å². The average molecular weight is 238 g/mol. The summed E-state index contributed by atoms with van der Waals surface area (Å²) in [5.74, 6) is -1.79. The van der Waals surface area contributed by atoms with Crippen molar-refractivity contribution in [2.75, 3.05) is 13.2 Å². The highest BCUT2D eigenvalue weighted by Crippen LogP contribution is 2.16. The van der Waals surface area contributed by atoms with Gasteiger partial charge >= 0.3 is 11.9 Å². The lowest BCUT2D eigenvalue weighted by molar-refractivity contribution is -0.149. The number of hydrogen-bond acceptors (Lipinski definition) is 7. The lowest BCUT2D eigenvalue weighted by Crippen LogP contribution is -2.27. The van der Waals surface area contributed by atoms with E-state index in [9.17, 15) is 9.59 Å². The Morgan fingerprint density at radius 1 is 1.07 bits per heavy atom. The second-order valence-electron chi connectivity index (χ2n) is 2.34. The highest BCUT2D eigenvalue weighted by molar-refractivity contribution is 8.01. The van der Waals surface area contributed by atoms with Crippen LogP contribution in [0.3, 0.4) is 0 Å². The van der Waals surface area contributed by atoms with Crippen LogP contribution in [-0.4, -0.2) is 46.2 Å². The lowest BCUT2D eigenvalue weighted by Gasteiger charge is -2.12. The minimum atomic E-state index is -1.59. The maximum Gasteiger partial charge on any atom is 0.345 e. The van der Waals surface area contributed by atoms with E-state index in [1.165, 1.54) is 0 Å². The topological polar surface area (TPSA) is 93.1 Å². The van der Waals surface area contributed by atoms with Crippen LogP contribution in [0.15, 0.2) is 0 Å². The van der Waals surface area contributed by atoms with E-state index in [-0.39, 0.29) is 13.2 Å². The summed E-state index contributed by atoms with van der Waals surface area (Å²) in [7, 11) is 0. The van der Waals surface area contributed by atoms with Gasteiger partial charge in [0.25, 0.3) is 0 Å². The van der Waals surface area contributed by atoms with Crippen molar-refractivity contribution in [2.24, 2.45) is 0 Å². The molecule has 0 bridgehead atoms. The van der Waals surface area contributed by atoms with Crippen molar-refractivity contribution in [3.05, 3.63) is 0 Å². The zero-order valence-corrected chi connectivity index (χ0v) is 9.32. The summed E-state index contributed by atoms with van der Waals surface area (Å²) in [6.45, 7) is 3.39. The molecule has 0 saturated heterocycles. The van der Waals surface area contributed by atoms with Gasteiger partial charge in [-0.2, -0.15) is 0 Å². The highest BCUT2D eigenvalue weighted by atomic mass is 32.2. The molecule has 0 aliphatic rings. The van der Waals surface area contributed by atoms with Crippen molar-refractivity contribution in [3.63, 3.8) is 0 Å². The van der Waals surface area contributed by atoms with Gasteiger partial charge in [-0.3, -0.25) is 0 Å². The Bertz CT molecular complexity index is 197. The quantitative estimate of drug-likeness (QED) is 0.475. The molecule has 0 saturated carbocycles. The van der Waals surface area contributed by atoms with Gasteiger partial charge in [-0.1, -0.05) is 11.8 Å². The van der Waals surface area contributed by atoms with E-state index in [0.717, 1.165) is 0 Å². The molecule has 0 aromatic carbocycles. The number of aliphatic hydroxyl groups is 2. The Kier molecular flexibility index (Phi) is 7.10. The Balaban J connectivity index is 3.99. The zero-order chi connectivity index (χ0) is 11.8. The van der Waals surface area contributed by atoms with E-state index in [1.54, 1.807) is 13.8 Å². The van der Waals surface area contributed by atoms with Gasteiger partial charge in [-0.05, 0) is 13.8 Å². The van der Waals surface area contributed by atoms with Crippen molar-refractivity contribution in [1.82, 2.24) is 0 Å². The summed E-state index contributed by atoms with van der Waals surface area (Å²) in [6.07, 6.45) is 0. The second-order valence-corrected chi connectivity index (χ2v) is 3.51. The van der Waals surface area contributed by atoms with E-state index in [4.69, 9.17) is 10.2 Å². The van der Waals surface area contributed by atoms with Crippen LogP contribution >= 0.6 is 11.8 Å². The average Bonchev–Trinajstić information content (AvgIpc) is 2.18. The predicted octanol–water partition coefficient (Wildman–Crippen LogP) is -0.517. The largest absolute Gasteiger partial charge is 0.463 e. The molecule has 0 fully saturated rings. The van der Waals surface area contributed by atoms with Crippen LogP contribution in [0.25, 0.3) is 0 Å². The Morgan fingerprint density at radius 2 is 1.40 bits per heavy atom. The van der Waals surface area contributed by atoms with Gasteiger partial charge in [0, 0.05) is 0 Å². The molecular weight excluding hydrogens is 224 g/mol. The smallest absolute Gasteiger partial charge is 0.345 e. The van der Waals surface area contributed by atoms with Crippen LogP contribution < -0.4 is 0 Å².